The van der Waals surface area contributed by atoms with E-state index in [4.69, 9.17) is 14.3 Å². The molecule has 2 N–H and O–H groups in total. The summed E-state index contributed by atoms with van der Waals surface area (Å²) in [4.78, 5) is 18.5. The number of nitrogens with one attached hydrogen (secondary N) is 1. The topological polar surface area (TPSA) is 88.4 Å². The number of hydrogen-bond acceptors (Lipinski definition) is 4. The van der Waals surface area contributed by atoms with Gasteiger partial charge in [-0.05, 0) is 54.4 Å². The van der Waals surface area contributed by atoms with E-state index in [2.05, 4.69) is 9.97 Å². The molecule has 0 bridgehead atoms. The zero-order valence-corrected chi connectivity index (χ0v) is 18.7. The van der Waals surface area contributed by atoms with Crippen LogP contribution in [0.3, 0.4) is 0 Å². The van der Waals surface area contributed by atoms with Crippen molar-refractivity contribution in [2.75, 3.05) is 6.61 Å². The highest BCUT2D eigenvalue weighted by Crippen LogP contribution is 2.34. The number of aromatic nitrogens is 2. The second-order valence-electron chi connectivity index (χ2n) is 8.45. The maximum absolute atomic E-state index is 12.9. The maximum atomic E-state index is 12.9. The van der Waals surface area contributed by atoms with Gasteiger partial charge in [-0.1, -0.05) is 20.8 Å². The first kappa shape index (κ1) is 23.4. The largest absolute Gasteiger partial charge is 0.493 e. The van der Waals surface area contributed by atoms with Crippen molar-refractivity contribution in [2.24, 2.45) is 0 Å². The van der Waals surface area contributed by atoms with Gasteiger partial charge in [-0.3, -0.25) is 0 Å². The van der Waals surface area contributed by atoms with Crippen LogP contribution in [0.5, 0.6) is 5.75 Å². The molecule has 0 radical (unpaired) electrons. The predicted octanol–water partition coefficient (Wildman–Crippen LogP) is 6.85. The molecular weight excluding hydrogens is 449 g/mol. The number of carboxylic acids is 1. The fourth-order valence-electron chi connectivity index (χ4n) is 3.65. The number of ether oxygens (including phenoxy) is 1. The van der Waals surface area contributed by atoms with Gasteiger partial charge in [-0.15, -0.1) is 0 Å². The van der Waals surface area contributed by atoms with Crippen LogP contribution < -0.4 is 4.74 Å². The number of hydrogen-bond donors (Lipinski definition) is 2. The first-order chi connectivity index (χ1) is 16.0. The van der Waals surface area contributed by atoms with Gasteiger partial charge in [0.2, 0.25) is 5.89 Å². The number of rotatable bonds is 7. The zero-order chi connectivity index (χ0) is 24.6. The van der Waals surface area contributed by atoms with E-state index in [-0.39, 0.29) is 30.0 Å². The number of halogens is 3. The monoisotopic (exact) mass is 472 g/mol. The minimum atomic E-state index is -4.41. The van der Waals surface area contributed by atoms with Gasteiger partial charge in [-0.25, -0.2) is 9.78 Å². The molecule has 2 aromatic carbocycles. The van der Waals surface area contributed by atoms with Crippen LogP contribution in [-0.2, 0) is 6.18 Å². The molecule has 178 valence electrons. The Balaban J connectivity index is 1.53. The quantitative estimate of drug-likeness (QED) is 0.307. The lowest BCUT2D eigenvalue weighted by Crippen LogP contribution is -2.09. The molecule has 2 heterocycles. The molecule has 0 aliphatic carbocycles. The van der Waals surface area contributed by atoms with Crippen LogP contribution >= 0.6 is 0 Å². The van der Waals surface area contributed by atoms with Gasteiger partial charge in [-0.2, -0.15) is 13.2 Å². The molecule has 9 heteroatoms. The van der Waals surface area contributed by atoms with Crippen molar-refractivity contribution < 1.29 is 32.2 Å². The lowest BCUT2D eigenvalue weighted by Gasteiger charge is -2.13. The molecule has 4 aromatic rings. The highest BCUT2D eigenvalue weighted by atomic mass is 19.4. The SMILES string of the molecule is CC(C)c1nc(-c2ccc(C(F)(F)F)cc2)oc1[C@H](C)COc1ccc2[nH]c(C(=O)O)cc2c1. The Hall–Kier alpha value is -3.75. The smallest absolute Gasteiger partial charge is 0.416 e. The fourth-order valence-corrected chi connectivity index (χ4v) is 3.65. The van der Waals surface area contributed by atoms with Crippen LogP contribution in [0, 0.1) is 0 Å². The second-order valence-corrected chi connectivity index (χ2v) is 8.45. The van der Waals surface area contributed by atoms with Crippen molar-refractivity contribution in [3.63, 3.8) is 0 Å². The number of aromatic carboxylic acids is 1. The summed E-state index contributed by atoms with van der Waals surface area (Å²) in [5, 5.41) is 9.85. The van der Waals surface area contributed by atoms with E-state index in [0.29, 0.717) is 22.6 Å². The van der Waals surface area contributed by atoms with Gasteiger partial charge in [0.1, 0.15) is 17.2 Å². The van der Waals surface area contributed by atoms with Crippen LogP contribution in [0.4, 0.5) is 13.2 Å². The third-order valence-electron chi connectivity index (χ3n) is 5.46. The molecule has 0 aliphatic heterocycles. The van der Waals surface area contributed by atoms with Gasteiger partial charge >= 0.3 is 12.1 Å². The van der Waals surface area contributed by atoms with Crippen LogP contribution in [0.1, 0.15) is 60.1 Å². The first-order valence-corrected chi connectivity index (χ1v) is 10.7. The van der Waals surface area contributed by atoms with Crippen molar-refractivity contribution in [1.29, 1.82) is 0 Å². The third-order valence-corrected chi connectivity index (χ3v) is 5.46. The minimum absolute atomic E-state index is 0.0371. The van der Waals surface area contributed by atoms with Gasteiger partial charge in [0, 0.05) is 16.5 Å². The molecule has 1 atom stereocenters. The van der Waals surface area contributed by atoms with E-state index in [9.17, 15) is 18.0 Å². The van der Waals surface area contributed by atoms with E-state index in [0.717, 1.165) is 23.2 Å². The van der Waals surface area contributed by atoms with E-state index < -0.39 is 17.7 Å². The van der Waals surface area contributed by atoms with Crippen molar-refractivity contribution >= 4 is 16.9 Å². The summed E-state index contributed by atoms with van der Waals surface area (Å²) >= 11 is 0. The summed E-state index contributed by atoms with van der Waals surface area (Å²) in [7, 11) is 0. The van der Waals surface area contributed by atoms with Gasteiger partial charge in [0.15, 0.2) is 0 Å². The number of fused-ring (bicyclic) bond motifs is 1. The third kappa shape index (κ3) is 4.78. The Kier molecular flexibility index (Phi) is 6.12. The maximum Gasteiger partial charge on any atom is 0.416 e. The van der Waals surface area contributed by atoms with Crippen LogP contribution in [0.2, 0.25) is 0 Å². The summed E-state index contributed by atoms with van der Waals surface area (Å²) in [5.74, 6) is 0.251. The molecule has 34 heavy (non-hydrogen) atoms. The summed E-state index contributed by atoms with van der Waals surface area (Å²) in [6.07, 6.45) is -4.41. The number of H-pyrrole nitrogens is 1. The zero-order valence-electron chi connectivity index (χ0n) is 18.7. The number of carboxylic acid groups (broad SMARTS) is 1. The normalized spacial score (nSPS) is 12.9. The van der Waals surface area contributed by atoms with Crippen molar-refractivity contribution in [3.8, 4) is 17.2 Å². The second kappa shape index (κ2) is 8.89. The molecule has 0 aliphatic rings. The van der Waals surface area contributed by atoms with Gasteiger partial charge in [0.05, 0.1) is 23.8 Å². The van der Waals surface area contributed by atoms with Crippen molar-refractivity contribution in [3.05, 3.63) is 71.2 Å². The summed E-state index contributed by atoms with van der Waals surface area (Å²) in [6.45, 7) is 6.11. The summed E-state index contributed by atoms with van der Waals surface area (Å²) in [6, 6.07) is 11.5. The van der Waals surface area contributed by atoms with Crippen LogP contribution in [0.15, 0.2) is 52.9 Å². The Morgan fingerprint density at radius 2 is 1.82 bits per heavy atom. The Morgan fingerprint density at radius 3 is 2.44 bits per heavy atom. The number of benzene rings is 2. The van der Waals surface area contributed by atoms with E-state index in [1.54, 1.807) is 18.2 Å². The first-order valence-electron chi connectivity index (χ1n) is 10.7. The van der Waals surface area contributed by atoms with Crippen molar-refractivity contribution in [2.45, 2.75) is 38.8 Å². The van der Waals surface area contributed by atoms with Crippen molar-refractivity contribution in [1.82, 2.24) is 9.97 Å². The van der Waals surface area contributed by atoms with E-state index in [1.165, 1.54) is 18.2 Å². The predicted molar refractivity (Wildman–Crippen MR) is 120 cm³/mol. The standard InChI is InChI=1S/C25H23F3N2O4/c1-13(2)21-22(34-23(30-21)15-4-6-17(7-5-15)25(26,27)28)14(3)12-33-18-8-9-19-16(10-18)11-20(29-19)24(31)32/h4-11,13-14,29H,12H2,1-3H3,(H,31,32)/t14-/m1/s1. The minimum Gasteiger partial charge on any atom is -0.493 e. The highest BCUT2D eigenvalue weighted by molar-refractivity contribution is 5.94. The summed E-state index contributed by atoms with van der Waals surface area (Å²) in [5.41, 5.74) is 1.24. The number of nitrogens with zero attached hydrogens (tertiary/aromatic N) is 1. The number of oxazole rings is 1. The van der Waals surface area contributed by atoms with Crippen LogP contribution in [-0.4, -0.2) is 27.7 Å². The molecule has 0 saturated heterocycles. The summed E-state index contributed by atoms with van der Waals surface area (Å²) < 4.78 is 50.5. The van der Waals surface area contributed by atoms with Gasteiger partial charge in [0.25, 0.3) is 0 Å². The average Bonchev–Trinajstić information content (AvgIpc) is 3.41. The molecule has 0 spiro atoms. The molecule has 0 unspecified atom stereocenters. The highest BCUT2D eigenvalue weighted by Gasteiger charge is 2.30. The molecule has 0 fully saturated rings. The molecule has 4 rings (SSSR count). The Bertz CT molecular complexity index is 1320. The molecule has 2 aromatic heterocycles. The van der Waals surface area contributed by atoms with Gasteiger partial charge < -0.3 is 19.2 Å². The Morgan fingerprint density at radius 1 is 1.12 bits per heavy atom. The number of alkyl halides is 3. The molecular formula is C25H23F3N2O4. The molecule has 0 amide bonds. The lowest BCUT2D eigenvalue weighted by molar-refractivity contribution is -0.137. The van der Waals surface area contributed by atoms with E-state index >= 15 is 0 Å². The van der Waals surface area contributed by atoms with E-state index in [1.807, 2.05) is 20.8 Å². The van der Waals surface area contributed by atoms with Crippen LogP contribution in [0.25, 0.3) is 22.4 Å². The lowest BCUT2D eigenvalue weighted by atomic mass is 10.0. The number of carbonyl (C=O) groups is 1. The fraction of sp³-hybridized carbons (Fsp3) is 0.280. The molecule has 0 saturated carbocycles. The molecule has 6 nitrogen and oxygen atoms in total. The average molecular weight is 472 g/mol. The Labute approximate surface area is 193 Å². The number of aromatic amines is 1.